The zero-order valence-electron chi connectivity index (χ0n) is 17.6. The van der Waals surface area contributed by atoms with Crippen molar-refractivity contribution in [2.45, 2.75) is 32.4 Å². The van der Waals surface area contributed by atoms with Gasteiger partial charge in [0.15, 0.2) is 0 Å². The van der Waals surface area contributed by atoms with Crippen molar-refractivity contribution in [3.8, 4) is 5.75 Å². The molecule has 0 spiro atoms. The van der Waals surface area contributed by atoms with Crippen LogP contribution in [0.15, 0.2) is 48.5 Å². The highest BCUT2D eigenvalue weighted by Gasteiger charge is 2.31. The van der Waals surface area contributed by atoms with Gasteiger partial charge in [-0.15, -0.1) is 0 Å². The molecule has 1 fully saturated rings. The number of amides is 1. The second kappa shape index (κ2) is 10.1. The van der Waals surface area contributed by atoms with Crippen molar-refractivity contribution < 1.29 is 17.9 Å². The molecule has 1 amide bonds. The lowest BCUT2D eigenvalue weighted by molar-refractivity contribution is -0.126. The average Bonchev–Trinajstić information content (AvgIpc) is 2.73. The lowest BCUT2D eigenvalue weighted by Crippen LogP contribution is -2.44. The van der Waals surface area contributed by atoms with Crippen LogP contribution in [-0.4, -0.2) is 44.9 Å². The Balaban J connectivity index is 1.42. The van der Waals surface area contributed by atoms with E-state index in [4.69, 9.17) is 4.74 Å². The maximum absolute atomic E-state index is 12.8. The van der Waals surface area contributed by atoms with E-state index in [0.717, 1.165) is 22.4 Å². The van der Waals surface area contributed by atoms with Crippen LogP contribution < -0.4 is 10.1 Å². The predicted octanol–water partition coefficient (Wildman–Crippen LogP) is 3.04. The van der Waals surface area contributed by atoms with Gasteiger partial charge >= 0.3 is 0 Å². The Kier molecular flexibility index (Phi) is 7.50. The number of ether oxygens (including phenoxy) is 1. The molecule has 1 aliphatic rings. The average molecular weight is 431 g/mol. The van der Waals surface area contributed by atoms with Crippen LogP contribution in [0.1, 0.15) is 29.5 Å². The molecule has 0 atom stereocenters. The van der Waals surface area contributed by atoms with Gasteiger partial charge in [0, 0.05) is 19.0 Å². The highest BCUT2D eigenvalue weighted by atomic mass is 32.2. The van der Waals surface area contributed by atoms with E-state index in [2.05, 4.69) is 5.32 Å². The minimum absolute atomic E-state index is 0.00678. The van der Waals surface area contributed by atoms with Crippen LogP contribution >= 0.6 is 0 Å². The highest BCUT2D eigenvalue weighted by Crippen LogP contribution is 2.22. The van der Waals surface area contributed by atoms with Crippen LogP contribution in [0.2, 0.25) is 0 Å². The highest BCUT2D eigenvalue weighted by molar-refractivity contribution is 7.88. The Bertz CT molecular complexity index is 967. The summed E-state index contributed by atoms with van der Waals surface area (Å²) in [5.74, 6) is 0.608. The topological polar surface area (TPSA) is 75.7 Å². The number of nitrogens with zero attached hydrogens (tertiary/aromatic N) is 1. The van der Waals surface area contributed by atoms with Gasteiger partial charge < -0.3 is 10.1 Å². The molecule has 0 aliphatic carbocycles. The molecule has 30 heavy (non-hydrogen) atoms. The van der Waals surface area contributed by atoms with E-state index < -0.39 is 10.0 Å². The van der Waals surface area contributed by atoms with E-state index >= 15 is 0 Å². The van der Waals surface area contributed by atoms with Gasteiger partial charge in [0.1, 0.15) is 12.4 Å². The number of piperidine rings is 1. The molecule has 0 bridgehead atoms. The third-order valence-corrected chi connectivity index (χ3v) is 7.30. The van der Waals surface area contributed by atoms with Crippen molar-refractivity contribution in [1.29, 1.82) is 0 Å². The summed E-state index contributed by atoms with van der Waals surface area (Å²) >= 11 is 0. The number of benzene rings is 2. The number of carbonyl (C=O) groups excluding carboxylic acids is 1. The van der Waals surface area contributed by atoms with Crippen molar-refractivity contribution in [3.63, 3.8) is 0 Å². The molecule has 0 saturated carbocycles. The smallest absolute Gasteiger partial charge is 0.223 e. The fraction of sp³-hybridized carbons (Fsp3) is 0.435. The molecule has 0 radical (unpaired) electrons. The minimum atomic E-state index is -3.38. The lowest BCUT2D eigenvalue weighted by atomic mass is 9.97. The standard InChI is InChI=1S/C23H30N2O4S/c1-18-6-5-9-22(16-18)29-15-12-24-23(26)20-10-13-25(14-11-20)30(27,28)17-21-8-4-3-7-19(21)2/h3-9,16,20H,10-15,17H2,1-2H3,(H,24,26). The Labute approximate surface area is 179 Å². The molecule has 7 heteroatoms. The molecular formula is C23H30N2O4S. The predicted molar refractivity (Wildman–Crippen MR) is 118 cm³/mol. The van der Waals surface area contributed by atoms with Gasteiger partial charge in [-0.05, 0) is 55.5 Å². The number of hydrogen-bond donors (Lipinski definition) is 1. The molecule has 6 nitrogen and oxygen atoms in total. The first-order valence-electron chi connectivity index (χ1n) is 10.3. The SMILES string of the molecule is Cc1cccc(OCCNC(=O)C2CCN(S(=O)(=O)Cc3ccccc3C)CC2)c1. The maximum atomic E-state index is 12.8. The van der Waals surface area contributed by atoms with Crippen LogP contribution in [0, 0.1) is 19.8 Å². The lowest BCUT2D eigenvalue weighted by Gasteiger charge is -2.30. The number of hydrogen-bond acceptors (Lipinski definition) is 4. The molecular weight excluding hydrogens is 400 g/mol. The van der Waals surface area contributed by atoms with Gasteiger partial charge in [0.25, 0.3) is 0 Å². The van der Waals surface area contributed by atoms with Gasteiger partial charge in [-0.3, -0.25) is 4.79 Å². The van der Waals surface area contributed by atoms with E-state index in [0.29, 0.717) is 39.1 Å². The monoisotopic (exact) mass is 430 g/mol. The first-order chi connectivity index (χ1) is 14.3. The molecule has 2 aromatic carbocycles. The quantitative estimate of drug-likeness (QED) is 0.653. The molecule has 1 heterocycles. The molecule has 3 rings (SSSR count). The molecule has 0 unspecified atom stereocenters. The summed E-state index contributed by atoms with van der Waals surface area (Å²) < 4.78 is 32.7. The van der Waals surface area contributed by atoms with Gasteiger partial charge in [-0.1, -0.05) is 36.4 Å². The first-order valence-corrected chi connectivity index (χ1v) is 12.0. The van der Waals surface area contributed by atoms with Gasteiger partial charge in [0.05, 0.1) is 12.3 Å². The molecule has 162 valence electrons. The number of nitrogens with one attached hydrogen (secondary N) is 1. The second-order valence-corrected chi connectivity index (χ2v) is 9.78. The van der Waals surface area contributed by atoms with Crippen LogP contribution in [0.3, 0.4) is 0 Å². The Morgan fingerprint density at radius 3 is 2.53 bits per heavy atom. The van der Waals surface area contributed by atoms with Crippen LogP contribution in [0.4, 0.5) is 0 Å². The summed E-state index contributed by atoms with van der Waals surface area (Å²) in [6.07, 6.45) is 1.08. The third-order valence-electron chi connectivity index (χ3n) is 5.48. The van der Waals surface area contributed by atoms with E-state index in [9.17, 15) is 13.2 Å². The van der Waals surface area contributed by atoms with Crippen LogP contribution in [0.5, 0.6) is 5.75 Å². The van der Waals surface area contributed by atoms with Crippen molar-refractivity contribution in [3.05, 3.63) is 65.2 Å². The number of rotatable bonds is 8. The van der Waals surface area contributed by atoms with E-state index in [1.807, 2.05) is 62.4 Å². The number of sulfonamides is 1. The summed E-state index contributed by atoms with van der Waals surface area (Å²) in [4.78, 5) is 12.4. The van der Waals surface area contributed by atoms with E-state index in [1.54, 1.807) is 0 Å². The zero-order valence-corrected chi connectivity index (χ0v) is 18.5. The minimum Gasteiger partial charge on any atom is -0.492 e. The van der Waals surface area contributed by atoms with Gasteiger partial charge in [-0.2, -0.15) is 0 Å². The Morgan fingerprint density at radius 1 is 1.10 bits per heavy atom. The van der Waals surface area contributed by atoms with Crippen LogP contribution in [0.25, 0.3) is 0 Å². The fourth-order valence-electron chi connectivity index (χ4n) is 3.65. The van der Waals surface area contributed by atoms with Crippen molar-refractivity contribution in [2.24, 2.45) is 5.92 Å². The normalized spacial score (nSPS) is 15.7. The Morgan fingerprint density at radius 2 is 1.83 bits per heavy atom. The van der Waals surface area contributed by atoms with Crippen molar-refractivity contribution in [2.75, 3.05) is 26.2 Å². The molecule has 2 aromatic rings. The summed E-state index contributed by atoms with van der Waals surface area (Å²) in [7, 11) is -3.38. The molecule has 1 saturated heterocycles. The summed E-state index contributed by atoms with van der Waals surface area (Å²) in [5.41, 5.74) is 2.93. The van der Waals surface area contributed by atoms with Crippen LogP contribution in [-0.2, 0) is 20.6 Å². The fourth-order valence-corrected chi connectivity index (χ4v) is 5.32. The summed E-state index contributed by atoms with van der Waals surface area (Å²) in [5, 5.41) is 2.91. The van der Waals surface area contributed by atoms with Crippen molar-refractivity contribution in [1.82, 2.24) is 9.62 Å². The molecule has 1 N–H and O–H groups in total. The number of carbonyl (C=O) groups is 1. The second-order valence-electron chi connectivity index (χ2n) is 7.81. The van der Waals surface area contributed by atoms with Crippen molar-refractivity contribution >= 4 is 15.9 Å². The maximum Gasteiger partial charge on any atom is 0.223 e. The van der Waals surface area contributed by atoms with Gasteiger partial charge in [0.2, 0.25) is 15.9 Å². The van der Waals surface area contributed by atoms with E-state index in [1.165, 1.54) is 4.31 Å². The Hall–Kier alpha value is -2.38. The third kappa shape index (κ3) is 6.06. The summed E-state index contributed by atoms with van der Waals surface area (Å²) in [6.45, 7) is 5.52. The summed E-state index contributed by atoms with van der Waals surface area (Å²) in [6, 6.07) is 15.3. The largest absolute Gasteiger partial charge is 0.492 e. The number of aryl methyl sites for hydroxylation is 2. The zero-order chi connectivity index (χ0) is 21.6. The van der Waals surface area contributed by atoms with Gasteiger partial charge in [-0.25, -0.2) is 12.7 Å². The molecule has 1 aliphatic heterocycles. The van der Waals surface area contributed by atoms with E-state index in [-0.39, 0.29) is 17.6 Å². The molecule has 0 aromatic heterocycles. The first kappa shape index (κ1) is 22.3.